The van der Waals surface area contributed by atoms with E-state index >= 15 is 0 Å². The largest absolute Gasteiger partial charge is 0.497 e. The van der Waals surface area contributed by atoms with Gasteiger partial charge in [0.1, 0.15) is 29.2 Å². The molecule has 3 aromatic carbocycles. The summed E-state index contributed by atoms with van der Waals surface area (Å²) in [5.74, 6) is -1.36. The maximum absolute atomic E-state index is 14.9. The number of amides is 4. The molecule has 12 nitrogen and oxygen atoms in total. The van der Waals surface area contributed by atoms with Gasteiger partial charge in [-0.3, -0.25) is 23.9 Å². The van der Waals surface area contributed by atoms with E-state index in [1.54, 1.807) is 12.0 Å². The molecule has 4 amide bonds. The molecule has 0 bridgehead atoms. The Morgan fingerprint density at radius 2 is 1.69 bits per heavy atom. The fraction of sp³-hybridized carbons (Fsp3) is 0.511. The third kappa shape index (κ3) is 8.60. The lowest BCUT2D eigenvalue weighted by atomic mass is 9.94. The highest BCUT2D eigenvalue weighted by molar-refractivity contribution is 7.91. The molecule has 5 aliphatic rings. The predicted molar refractivity (Wildman–Crippen MR) is 220 cm³/mol. The Balaban J connectivity index is 1.12. The lowest BCUT2D eigenvalue weighted by Crippen LogP contribution is -2.57. The van der Waals surface area contributed by atoms with E-state index in [-0.39, 0.29) is 37.6 Å². The fourth-order valence-electron chi connectivity index (χ4n) is 8.98. The van der Waals surface area contributed by atoms with Crippen LogP contribution in [0.25, 0.3) is 21.9 Å². The Hall–Kier alpha value is -4.91. The van der Waals surface area contributed by atoms with E-state index in [4.69, 9.17) is 9.47 Å². The molecule has 4 fully saturated rings. The van der Waals surface area contributed by atoms with E-state index in [1.807, 2.05) is 71.6 Å². The van der Waals surface area contributed by atoms with E-state index in [2.05, 4.69) is 16.1 Å². The van der Waals surface area contributed by atoms with Gasteiger partial charge in [0.25, 0.3) is 5.91 Å². The third-order valence-corrected chi connectivity index (χ3v) is 14.4. The summed E-state index contributed by atoms with van der Waals surface area (Å²) >= 11 is 0. The van der Waals surface area contributed by atoms with Gasteiger partial charge in [-0.05, 0) is 105 Å². The fourth-order valence-corrected chi connectivity index (χ4v) is 10.3. The molecule has 3 aliphatic heterocycles. The summed E-state index contributed by atoms with van der Waals surface area (Å²) in [4.78, 5) is 60.5. The average Bonchev–Trinajstić information content (AvgIpc) is 4.16. The number of carbonyl (C=O) groups is 4. The van der Waals surface area contributed by atoms with Gasteiger partial charge in [-0.2, -0.15) is 0 Å². The van der Waals surface area contributed by atoms with Crippen molar-refractivity contribution >= 4 is 44.4 Å². The van der Waals surface area contributed by atoms with Crippen LogP contribution >= 0.6 is 0 Å². The smallest absolute Gasteiger partial charge is 0.259 e. The number of nitrogens with one attached hydrogen (secondary N) is 2. The molecule has 2 saturated heterocycles. The molecule has 3 aromatic rings. The first-order valence-electron chi connectivity index (χ1n) is 21.0. The number of likely N-dealkylation sites (tertiary alicyclic amines) is 1. The first-order valence-corrected chi connectivity index (χ1v) is 22.6. The summed E-state index contributed by atoms with van der Waals surface area (Å²) in [6.45, 7) is 1.46. The molecule has 5 atom stereocenters. The highest BCUT2D eigenvalue weighted by Gasteiger charge is 2.62. The normalized spacial score (nSPS) is 26.8. The van der Waals surface area contributed by atoms with Crippen LogP contribution in [0.4, 0.5) is 0 Å². The second-order valence-corrected chi connectivity index (χ2v) is 18.7. The summed E-state index contributed by atoms with van der Waals surface area (Å²) in [6, 6.07) is 18.7. The van der Waals surface area contributed by atoms with Gasteiger partial charge >= 0.3 is 0 Å². The van der Waals surface area contributed by atoms with Crippen LogP contribution in [0, 0.1) is 11.8 Å². The predicted octanol–water partition coefficient (Wildman–Crippen LogP) is 5.89. The van der Waals surface area contributed by atoms with Gasteiger partial charge in [0.05, 0.1) is 18.9 Å². The van der Waals surface area contributed by atoms with Crippen molar-refractivity contribution in [3.8, 4) is 22.6 Å². The van der Waals surface area contributed by atoms with E-state index < -0.39 is 56.6 Å². The van der Waals surface area contributed by atoms with Gasteiger partial charge in [0.15, 0.2) is 0 Å². The van der Waals surface area contributed by atoms with Crippen LogP contribution in [0.1, 0.15) is 83.5 Å². The Bertz CT molecular complexity index is 2180. The molecule has 0 radical (unpaired) electrons. The lowest BCUT2D eigenvalue weighted by Gasteiger charge is -2.31. The summed E-state index contributed by atoms with van der Waals surface area (Å²) < 4.78 is 40.5. The maximum atomic E-state index is 14.9. The molecule has 3 heterocycles. The van der Waals surface area contributed by atoms with E-state index in [9.17, 15) is 27.6 Å². The van der Waals surface area contributed by atoms with Crippen molar-refractivity contribution in [2.24, 2.45) is 11.8 Å². The Kier molecular flexibility index (Phi) is 11.5. The third-order valence-electron chi connectivity index (χ3n) is 12.6. The highest BCUT2D eigenvalue weighted by Crippen LogP contribution is 2.46. The maximum Gasteiger partial charge on any atom is 0.259 e. The van der Waals surface area contributed by atoms with Crippen molar-refractivity contribution in [2.75, 3.05) is 26.7 Å². The van der Waals surface area contributed by atoms with Crippen molar-refractivity contribution in [2.45, 2.75) is 106 Å². The van der Waals surface area contributed by atoms with Crippen LogP contribution in [0.5, 0.6) is 11.5 Å². The van der Waals surface area contributed by atoms with Gasteiger partial charge in [-0.1, -0.05) is 55.3 Å². The molecule has 0 spiro atoms. The molecule has 13 heteroatoms. The number of piperidine rings is 1. The molecule has 0 aromatic heterocycles. The quantitative estimate of drug-likeness (QED) is 0.254. The summed E-state index contributed by atoms with van der Waals surface area (Å²) in [7, 11) is -2.26. The first kappa shape index (κ1) is 39.9. The molecular weight excluding hydrogens is 757 g/mol. The highest BCUT2D eigenvalue weighted by atomic mass is 32.2. The molecule has 1 unspecified atom stereocenters. The zero-order chi connectivity index (χ0) is 40.4. The van der Waals surface area contributed by atoms with Crippen LogP contribution in [0.2, 0.25) is 0 Å². The number of sulfonamides is 1. The molecule has 58 heavy (non-hydrogen) atoms. The SMILES string of the molecule is COc1ccc2c(O[C@@H]3C[C@H]4C(=O)N[C@]5(C(=O)NS(=O)(=O)C6CC6)CC5C=CCCCCC[C@H](CC(=O)N5CCCCC5)C(=O)N4C3)cc(-c3ccccc3)cc2c1. The van der Waals surface area contributed by atoms with Gasteiger partial charge in [-0.25, -0.2) is 8.42 Å². The Morgan fingerprint density at radius 1 is 0.914 bits per heavy atom. The molecule has 2 N–H and O–H groups in total. The molecule has 2 aliphatic carbocycles. The molecule has 8 rings (SSSR count). The topological polar surface area (TPSA) is 151 Å². The molecular formula is C45H54N4O8S. The number of ether oxygens (including phenoxy) is 2. The van der Waals surface area contributed by atoms with Gasteiger partial charge < -0.3 is 24.6 Å². The molecule has 308 valence electrons. The minimum absolute atomic E-state index is 0.0418. The number of rotatable bonds is 9. The number of nitrogens with zero attached hydrogens (tertiary/aromatic N) is 2. The summed E-state index contributed by atoms with van der Waals surface area (Å²) in [5, 5.41) is 4.10. The zero-order valence-corrected chi connectivity index (χ0v) is 34.0. The second-order valence-electron chi connectivity index (χ2n) is 16.8. The van der Waals surface area contributed by atoms with Crippen LogP contribution in [-0.4, -0.2) is 91.5 Å². The number of hydrogen-bond donors (Lipinski definition) is 2. The minimum Gasteiger partial charge on any atom is -0.497 e. The summed E-state index contributed by atoms with van der Waals surface area (Å²) in [5.41, 5.74) is 0.454. The van der Waals surface area contributed by atoms with Crippen LogP contribution in [-0.2, 0) is 29.2 Å². The van der Waals surface area contributed by atoms with Crippen LogP contribution < -0.4 is 19.5 Å². The zero-order valence-electron chi connectivity index (χ0n) is 33.2. The standard InChI is InChI=1S/C45H54N4O8S/c1-56-35-17-20-38-33(24-35)23-32(30-13-8-5-9-14-30)25-40(38)57-36-27-39-42(51)46-45(44(53)47-58(54,55)37-18-19-37)28-34(45)16-10-4-2-3-7-15-31(43(52)49(39)29-36)26-41(50)48-21-11-6-12-22-48/h5,8-10,13-14,16-17,20,23-25,31,34,36-37,39H,2-4,6-7,11-12,15,18-19,21-22,26-29H2,1H3,(H,46,51)(H,47,53)/t31-,34?,36-,39+,45-/m1/s1. The van der Waals surface area contributed by atoms with Crippen molar-refractivity contribution < 1.29 is 37.1 Å². The number of carbonyl (C=O) groups excluding carboxylic acids is 4. The van der Waals surface area contributed by atoms with Crippen LogP contribution in [0.3, 0.4) is 0 Å². The van der Waals surface area contributed by atoms with Crippen molar-refractivity contribution in [1.82, 2.24) is 19.8 Å². The Labute approximate surface area is 340 Å². The van der Waals surface area contributed by atoms with Gasteiger partial charge in [-0.15, -0.1) is 0 Å². The Morgan fingerprint density at radius 3 is 2.45 bits per heavy atom. The summed E-state index contributed by atoms with van der Waals surface area (Å²) in [6.07, 6.45) is 11.4. The van der Waals surface area contributed by atoms with Gasteiger partial charge in [0, 0.05) is 43.2 Å². The number of benzene rings is 3. The number of fused-ring (bicyclic) bond motifs is 3. The average molecular weight is 811 g/mol. The van der Waals surface area contributed by atoms with Crippen molar-refractivity contribution in [3.05, 3.63) is 72.8 Å². The molecule has 2 saturated carbocycles. The first-order chi connectivity index (χ1) is 28.0. The second kappa shape index (κ2) is 16.8. The lowest BCUT2D eigenvalue weighted by molar-refractivity contribution is -0.145. The number of hydrogen-bond acceptors (Lipinski definition) is 8. The van der Waals surface area contributed by atoms with Gasteiger partial charge in [0.2, 0.25) is 27.7 Å². The number of methoxy groups -OCH3 is 1. The minimum atomic E-state index is -3.88. The number of allylic oxidation sites excluding steroid dienone is 1. The van der Waals surface area contributed by atoms with E-state index in [0.717, 1.165) is 66.8 Å². The van der Waals surface area contributed by atoms with Crippen molar-refractivity contribution in [1.29, 1.82) is 0 Å². The van der Waals surface area contributed by atoms with Crippen molar-refractivity contribution in [3.63, 3.8) is 0 Å². The monoisotopic (exact) mass is 810 g/mol. The van der Waals surface area contributed by atoms with E-state index in [0.29, 0.717) is 43.9 Å². The van der Waals surface area contributed by atoms with E-state index in [1.165, 1.54) is 0 Å². The van der Waals surface area contributed by atoms with Crippen LogP contribution in [0.15, 0.2) is 72.8 Å².